The Morgan fingerprint density at radius 2 is 2.42 bits per heavy atom. The molecule has 12 heavy (non-hydrogen) atoms. The normalized spacial score (nSPS) is 10.2. The van der Waals surface area contributed by atoms with E-state index in [1.807, 2.05) is 6.92 Å². The predicted molar refractivity (Wildman–Crippen MR) is 51.0 cm³/mol. The SMILES string of the molecule is CCNCc1cc(N)ncc1Cl. The second-order valence-electron chi connectivity index (χ2n) is 2.48. The Morgan fingerprint density at radius 1 is 1.67 bits per heavy atom. The molecule has 0 saturated heterocycles. The monoisotopic (exact) mass is 185 g/mol. The van der Waals surface area contributed by atoms with Gasteiger partial charge in [0.05, 0.1) is 5.02 Å². The van der Waals surface area contributed by atoms with Crippen molar-refractivity contribution in [1.82, 2.24) is 10.3 Å². The standard InChI is InChI=1S/C8H12ClN3/c1-2-11-4-6-3-8(10)12-5-7(6)9/h3,5,11H,2,4H2,1H3,(H2,10,12). The van der Waals surface area contributed by atoms with E-state index in [1.165, 1.54) is 0 Å². The van der Waals surface area contributed by atoms with Crippen molar-refractivity contribution < 1.29 is 0 Å². The summed E-state index contributed by atoms with van der Waals surface area (Å²) in [5.74, 6) is 0.507. The van der Waals surface area contributed by atoms with Gasteiger partial charge in [0.1, 0.15) is 5.82 Å². The zero-order valence-electron chi connectivity index (χ0n) is 6.97. The number of hydrogen-bond acceptors (Lipinski definition) is 3. The summed E-state index contributed by atoms with van der Waals surface area (Å²) in [6.45, 7) is 3.69. The molecule has 1 aromatic heterocycles. The summed E-state index contributed by atoms with van der Waals surface area (Å²) >= 11 is 5.87. The summed E-state index contributed by atoms with van der Waals surface area (Å²) in [6, 6.07) is 1.78. The van der Waals surface area contributed by atoms with Gasteiger partial charge in [-0.3, -0.25) is 0 Å². The lowest BCUT2D eigenvalue weighted by Gasteiger charge is -2.04. The first kappa shape index (κ1) is 9.29. The maximum Gasteiger partial charge on any atom is 0.123 e. The first-order valence-corrected chi connectivity index (χ1v) is 4.22. The van der Waals surface area contributed by atoms with Crippen LogP contribution in [0.3, 0.4) is 0 Å². The number of nitrogens with zero attached hydrogens (tertiary/aromatic N) is 1. The van der Waals surface area contributed by atoms with Crippen LogP contribution in [-0.2, 0) is 6.54 Å². The molecule has 4 heteroatoms. The fourth-order valence-electron chi connectivity index (χ4n) is 0.894. The van der Waals surface area contributed by atoms with E-state index in [1.54, 1.807) is 12.3 Å². The Kier molecular flexibility index (Phi) is 3.31. The zero-order valence-corrected chi connectivity index (χ0v) is 7.73. The number of halogens is 1. The third-order valence-electron chi connectivity index (χ3n) is 1.52. The maximum absolute atomic E-state index is 5.87. The van der Waals surface area contributed by atoms with E-state index >= 15 is 0 Å². The van der Waals surface area contributed by atoms with Crippen molar-refractivity contribution in [3.8, 4) is 0 Å². The molecule has 1 heterocycles. The number of pyridine rings is 1. The van der Waals surface area contributed by atoms with Gasteiger partial charge in [0.15, 0.2) is 0 Å². The molecule has 3 N–H and O–H groups in total. The molecule has 0 bridgehead atoms. The minimum absolute atomic E-state index is 0.507. The van der Waals surface area contributed by atoms with Gasteiger partial charge < -0.3 is 11.1 Å². The van der Waals surface area contributed by atoms with Crippen molar-refractivity contribution in [3.05, 3.63) is 22.8 Å². The van der Waals surface area contributed by atoms with Gasteiger partial charge in [-0.25, -0.2) is 4.98 Å². The van der Waals surface area contributed by atoms with Crippen molar-refractivity contribution in [3.63, 3.8) is 0 Å². The Bertz CT molecular complexity index is 262. The average molecular weight is 186 g/mol. The summed E-state index contributed by atoms with van der Waals surface area (Å²) < 4.78 is 0. The fourth-order valence-corrected chi connectivity index (χ4v) is 1.06. The molecule has 66 valence electrons. The molecule has 0 aliphatic heterocycles. The van der Waals surface area contributed by atoms with Crippen molar-refractivity contribution >= 4 is 17.4 Å². The minimum Gasteiger partial charge on any atom is -0.384 e. The van der Waals surface area contributed by atoms with Crippen LogP contribution in [0, 0.1) is 0 Å². The Hall–Kier alpha value is -0.800. The smallest absolute Gasteiger partial charge is 0.123 e. The van der Waals surface area contributed by atoms with Gasteiger partial charge in [-0.05, 0) is 18.2 Å². The fraction of sp³-hybridized carbons (Fsp3) is 0.375. The molecular formula is C8H12ClN3. The number of anilines is 1. The van der Waals surface area contributed by atoms with Crippen LogP contribution in [0.4, 0.5) is 5.82 Å². The number of hydrogen-bond donors (Lipinski definition) is 2. The van der Waals surface area contributed by atoms with Crippen LogP contribution in [-0.4, -0.2) is 11.5 Å². The van der Waals surface area contributed by atoms with E-state index in [9.17, 15) is 0 Å². The first-order valence-electron chi connectivity index (χ1n) is 3.84. The molecule has 0 saturated carbocycles. The van der Waals surface area contributed by atoms with E-state index in [-0.39, 0.29) is 0 Å². The molecule has 0 aliphatic rings. The first-order chi connectivity index (χ1) is 5.74. The summed E-state index contributed by atoms with van der Waals surface area (Å²) in [5, 5.41) is 3.82. The minimum atomic E-state index is 0.507. The quantitative estimate of drug-likeness (QED) is 0.749. The van der Waals surface area contributed by atoms with Crippen molar-refractivity contribution in [1.29, 1.82) is 0 Å². The van der Waals surface area contributed by atoms with Crippen LogP contribution >= 0.6 is 11.6 Å². The average Bonchev–Trinajstić information content (AvgIpc) is 2.07. The molecule has 0 radical (unpaired) electrons. The number of nitrogens with two attached hydrogens (primary N) is 1. The summed E-state index contributed by atoms with van der Waals surface area (Å²) in [7, 11) is 0. The van der Waals surface area contributed by atoms with E-state index in [4.69, 9.17) is 17.3 Å². The largest absolute Gasteiger partial charge is 0.384 e. The van der Waals surface area contributed by atoms with Crippen molar-refractivity contribution in [2.45, 2.75) is 13.5 Å². The maximum atomic E-state index is 5.87. The van der Waals surface area contributed by atoms with Crippen molar-refractivity contribution in [2.75, 3.05) is 12.3 Å². The molecule has 0 fully saturated rings. The highest BCUT2D eigenvalue weighted by Crippen LogP contribution is 2.15. The molecule has 0 aromatic carbocycles. The summed E-state index contributed by atoms with van der Waals surface area (Å²) in [5.41, 5.74) is 6.49. The second-order valence-corrected chi connectivity index (χ2v) is 2.89. The van der Waals surface area contributed by atoms with Crippen LogP contribution in [0.5, 0.6) is 0 Å². The third kappa shape index (κ3) is 2.36. The Morgan fingerprint density at radius 3 is 3.08 bits per heavy atom. The van der Waals surface area contributed by atoms with Crippen LogP contribution in [0.25, 0.3) is 0 Å². The number of nitrogen functional groups attached to an aromatic ring is 1. The molecular weight excluding hydrogens is 174 g/mol. The summed E-state index contributed by atoms with van der Waals surface area (Å²) in [4.78, 5) is 3.87. The third-order valence-corrected chi connectivity index (χ3v) is 1.86. The molecule has 0 unspecified atom stereocenters. The van der Waals surface area contributed by atoms with Crippen LogP contribution in [0.2, 0.25) is 5.02 Å². The highest BCUT2D eigenvalue weighted by Gasteiger charge is 1.99. The summed E-state index contributed by atoms with van der Waals surface area (Å²) in [6.07, 6.45) is 1.57. The highest BCUT2D eigenvalue weighted by molar-refractivity contribution is 6.31. The molecule has 0 aliphatic carbocycles. The molecule has 0 atom stereocenters. The number of rotatable bonds is 3. The topological polar surface area (TPSA) is 50.9 Å². The van der Waals surface area contributed by atoms with Gasteiger partial charge in [-0.1, -0.05) is 18.5 Å². The van der Waals surface area contributed by atoms with Gasteiger partial charge in [-0.2, -0.15) is 0 Å². The molecule has 0 spiro atoms. The highest BCUT2D eigenvalue weighted by atomic mass is 35.5. The lowest BCUT2D eigenvalue weighted by molar-refractivity contribution is 0.726. The van der Waals surface area contributed by atoms with Crippen LogP contribution in [0.1, 0.15) is 12.5 Å². The lowest BCUT2D eigenvalue weighted by atomic mass is 10.2. The van der Waals surface area contributed by atoms with Gasteiger partial charge in [0.25, 0.3) is 0 Å². The van der Waals surface area contributed by atoms with Gasteiger partial charge >= 0.3 is 0 Å². The predicted octanol–water partition coefficient (Wildman–Crippen LogP) is 1.43. The second kappa shape index (κ2) is 4.28. The molecule has 1 aromatic rings. The van der Waals surface area contributed by atoms with E-state index in [0.29, 0.717) is 10.8 Å². The van der Waals surface area contributed by atoms with Gasteiger partial charge in [0, 0.05) is 12.7 Å². The molecule has 0 amide bonds. The van der Waals surface area contributed by atoms with E-state index in [2.05, 4.69) is 10.3 Å². The number of nitrogens with one attached hydrogen (secondary N) is 1. The number of aromatic nitrogens is 1. The van der Waals surface area contributed by atoms with Gasteiger partial charge in [0.2, 0.25) is 0 Å². The Balaban J connectivity index is 2.75. The van der Waals surface area contributed by atoms with E-state index < -0.39 is 0 Å². The Labute approximate surface area is 76.9 Å². The molecule has 3 nitrogen and oxygen atoms in total. The van der Waals surface area contributed by atoms with Crippen LogP contribution < -0.4 is 11.1 Å². The van der Waals surface area contributed by atoms with Crippen LogP contribution in [0.15, 0.2) is 12.3 Å². The van der Waals surface area contributed by atoms with Gasteiger partial charge in [-0.15, -0.1) is 0 Å². The molecule has 1 rings (SSSR count). The zero-order chi connectivity index (χ0) is 8.97. The van der Waals surface area contributed by atoms with Crippen molar-refractivity contribution in [2.24, 2.45) is 0 Å². The lowest BCUT2D eigenvalue weighted by Crippen LogP contribution is -2.12. The van der Waals surface area contributed by atoms with E-state index in [0.717, 1.165) is 18.7 Å².